The van der Waals surface area contributed by atoms with E-state index in [1.54, 1.807) is 0 Å². The summed E-state index contributed by atoms with van der Waals surface area (Å²) < 4.78 is -3.69. The van der Waals surface area contributed by atoms with Gasteiger partial charge in [0.05, 0.1) is 0 Å². The monoisotopic (exact) mass is 289 g/mol. The SMILES string of the molecule is ClC(Cl)C(Cl)(Cl)C(Cl)(Cl)Cl.[Li]. The van der Waals surface area contributed by atoms with Crippen LogP contribution in [0.2, 0.25) is 0 Å². The van der Waals surface area contributed by atoms with Crippen molar-refractivity contribution >= 4 is 100 Å². The van der Waals surface area contributed by atoms with Crippen molar-refractivity contribution in [1.29, 1.82) is 0 Å². The first-order valence-corrected chi connectivity index (χ1v) is 4.68. The fraction of sp³-hybridized carbons (Fsp3) is 1.00. The molecule has 0 amide bonds. The second kappa shape index (κ2) is 5.49. The number of hydrogen-bond donors (Lipinski definition) is 0. The topological polar surface area (TPSA) is 0 Å². The Balaban J connectivity index is 0. The Hall–Kier alpha value is 2.63. The predicted molar refractivity (Wildman–Crippen MR) is 56.0 cm³/mol. The Morgan fingerprint density at radius 1 is 0.818 bits per heavy atom. The first kappa shape index (κ1) is 16.1. The second-order valence-corrected chi connectivity index (χ2v) is 6.18. The molecule has 0 aliphatic rings. The molecule has 0 aromatic carbocycles. The van der Waals surface area contributed by atoms with Crippen LogP contribution in [-0.2, 0) is 0 Å². The summed E-state index contributed by atoms with van der Waals surface area (Å²) in [6.07, 6.45) is 0. The van der Waals surface area contributed by atoms with Crippen molar-refractivity contribution in [1.82, 2.24) is 0 Å². The third-order valence-corrected chi connectivity index (χ3v) is 4.23. The van der Waals surface area contributed by atoms with E-state index < -0.39 is 13.0 Å². The zero-order valence-corrected chi connectivity index (χ0v) is 10.5. The molecule has 0 aliphatic heterocycles. The van der Waals surface area contributed by atoms with Crippen LogP contribution in [0.1, 0.15) is 0 Å². The van der Waals surface area contributed by atoms with Crippen LogP contribution in [0.25, 0.3) is 0 Å². The van der Waals surface area contributed by atoms with Crippen molar-refractivity contribution in [3.8, 4) is 0 Å². The summed E-state index contributed by atoms with van der Waals surface area (Å²) in [5, 5.41) is 0. The van der Waals surface area contributed by atoms with Gasteiger partial charge in [0.2, 0.25) is 3.79 Å². The van der Waals surface area contributed by atoms with Crippen LogP contribution >= 0.6 is 81.2 Å². The second-order valence-electron chi connectivity index (χ2n) is 1.42. The van der Waals surface area contributed by atoms with Crippen LogP contribution in [0.3, 0.4) is 0 Å². The van der Waals surface area contributed by atoms with Gasteiger partial charge in [-0.05, 0) is 0 Å². The Morgan fingerprint density at radius 2 is 1.09 bits per heavy atom. The van der Waals surface area contributed by atoms with Crippen LogP contribution < -0.4 is 0 Å². The first-order valence-electron chi connectivity index (χ1n) is 1.92. The number of hydrogen-bond acceptors (Lipinski definition) is 0. The van der Waals surface area contributed by atoms with Crippen LogP contribution in [0.15, 0.2) is 0 Å². The summed E-state index contributed by atoms with van der Waals surface area (Å²) in [5.74, 6) is 0. The van der Waals surface area contributed by atoms with Gasteiger partial charge in [0.25, 0.3) is 0 Å². The molecule has 0 aromatic rings. The molecule has 0 N–H and O–H groups in total. The molecule has 0 aliphatic carbocycles. The molecule has 1 radical (unpaired) electrons. The smallest absolute Gasteiger partial charge is 0.102 e. The zero-order chi connectivity index (χ0) is 8.58. The van der Waals surface area contributed by atoms with Gasteiger partial charge < -0.3 is 0 Å². The van der Waals surface area contributed by atoms with Crippen molar-refractivity contribution in [2.24, 2.45) is 0 Å². The van der Waals surface area contributed by atoms with Crippen LogP contribution in [-0.4, -0.2) is 31.8 Å². The van der Waals surface area contributed by atoms with Gasteiger partial charge in [-0.2, -0.15) is 0 Å². The normalized spacial score (nSPS) is 13.1. The molecule has 0 bridgehead atoms. The molecule has 11 heavy (non-hydrogen) atoms. The number of alkyl halides is 7. The van der Waals surface area contributed by atoms with E-state index in [-0.39, 0.29) is 18.9 Å². The molecule has 0 spiro atoms. The maximum atomic E-state index is 5.45. The van der Waals surface area contributed by atoms with E-state index in [0.717, 1.165) is 0 Å². The summed E-state index contributed by atoms with van der Waals surface area (Å²) in [4.78, 5) is -1.16. The molecule has 0 fully saturated rings. The summed E-state index contributed by atoms with van der Waals surface area (Å²) in [5.41, 5.74) is 0. The molecule has 0 aromatic heterocycles. The van der Waals surface area contributed by atoms with Crippen molar-refractivity contribution < 1.29 is 0 Å². The quantitative estimate of drug-likeness (QED) is 0.507. The largest absolute Gasteiger partial charge is 0.225 e. The van der Waals surface area contributed by atoms with Crippen LogP contribution in [0, 0.1) is 0 Å². The van der Waals surface area contributed by atoms with E-state index in [0.29, 0.717) is 0 Å². The van der Waals surface area contributed by atoms with E-state index >= 15 is 0 Å². The Labute approximate surface area is 112 Å². The molecule has 0 saturated heterocycles. The van der Waals surface area contributed by atoms with Gasteiger partial charge in [0.15, 0.2) is 4.33 Å². The fourth-order valence-corrected chi connectivity index (χ4v) is 1.11. The van der Waals surface area contributed by atoms with E-state index in [9.17, 15) is 0 Å². The predicted octanol–water partition coefficient (Wildman–Crippen LogP) is 3.95. The molecule has 63 valence electrons. The summed E-state index contributed by atoms with van der Waals surface area (Å²) in [7, 11) is 0. The molecular weight excluding hydrogens is 291 g/mol. The third kappa shape index (κ3) is 4.59. The third-order valence-electron chi connectivity index (χ3n) is 0.652. The van der Waals surface area contributed by atoms with Crippen LogP contribution in [0.5, 0.6) is 0 Å². The van der Waals surface area contributed by atoms with Crippen LogP contribution in [0.4, 0.5) is 0 Å². The van der Waals surface area contributed by atoms with Gasteiger partial charge in [-0.15, -0.1) is 23.2 Å². The maximum Gasteiger partial charge on any atom is 0.225 e. The van der Waals surface area contributed by atoms with E-state index in [2.05, 4.69) is 0 Å². The average molecular weight is 292 g/mol. The molecule has 0 atom stereocenters. The van der Waals surface area contributed by atoms with E-state index in [1.807, 2.05) is 0 Å². The van der Waals surface area contributed by atoms with Crippen molar-refractivity contribution in [2.45, 2.75) is 13.0 Å². The molecule has 0 saturated carbocycles. The number of halogens is 7. The summed E-state index contributed by atoms with van der Waals surface area (Å²) >= 11 is 37.5. The maximum absolute atomic E-state index is 5.45. The summed E-state index contributed by atoms with van der Waals surface area (Å²) in [6, 6.07) is 0. The molecule has 0 unspecified atom stereocenters. The molecule has 0 heterocycles. The van der Waals surface area contributed by atoms with Gasteiger partial charge in [-0.1, -0.05) is 58.0 Å². The Bertz CT molecular complexity index is 115. The van der Waals surface area contributed by atoms with Gasteiger partial charge >= 0.3 is 0 Å². The number of rotatable bonds is 1. The van der Waals surface area contributed by atoms with Crippen molar-refractivity contribution in [3.63, 3.8) is 0 Å². The van der Waals surface area contributed by atoms with Gasteiger partial charge in [0.1, 0.15) is 4.84 Å². The molecule has 8 heteroatoms. The Kier molecular flexibility index (Phi) is 8.03. The van der Waals surface area contributed by atoms with Crippen molar-refractivity contribution in [3.05, 3.63) is 0 Å². The first-order chi connectivity index (χ1) is 4.19. The average Bonchev–Trinajstić information content (AvgIpc) is 1.62. The van der Waals surface area contributed by atoms with Crippen molar-refractivity contribution in [2.75, 3.05) is 0 Å². The van der Waals surface area contributed by atoms with Gasteiger partial charge in [0, 0.05) is 18.9 Å². The van der Waals surface area contributed by atoms with E-state index in [4.69, 9.17) is 81.2 Å². The van der Waals surface area contributed by atoms with Gasteiger partial charge in [-0.25, -0.2) is 0 Å². The Morgan fingerprint density at radius 3 is 1.09 bits per heavy atom. The zero-order valence-electron chi connectivity index (χ0n) is 5.22. The molecule has 0 nitrogen and oxygen atoms in total. The minimum atomic E-state index is -1.90. The molecular formula is C3HCl7Li. The minimum absolute atomic E-state index is 0. The molecule has 0 rings (SSSR count). The minimum Gasteiger partial charge on any atom is -0.102 e. The summed E-state index contributed by atoms with van der Waals surface area (Å²) in [6.45, 7) is 0. The fourth-order valence-electron chi connectivity index (χ4n) is 0.124. The van der Waals surface area contributed by atoms with Gasteiger partial charge in [-0.3, -0.25) is 0 Å². The standard InChI is InChI=1S/C3HCl7.Li/c4-1(5)2(6,7)3(8,9)10;/h1H;. The van der Waals surface area contributed by atoms with E-state index in [1.165, 1.54) is 0 Å².